The van der Waals surface area contributed by atoms with E-state index in [1.807, 2.05) is 59.5 Å². The van der Waals surface area contributed by atoms with Crippen molar-refractivity contribution in [1.82, 2.24) is 20.1 Å². The number of hydrogen-bond donors (Lipinski definition) is 2. The van der Waals surface area contributed by atoms with Crippen LogP contribution in [0.15, 0.2) is 77.7 Å². The molecule has 1 saturated heterocycles. The summed E-state index contributed by atoms with van der Waals surface area (Å²) in [6.07, 6.45) is 4.40. The summed E-state index contributed by atoms with van der Waals surface area (Å²) in [4.78, 5) is 66.7. The molecule has 0 radical (unpaired) electrons. The van der Waals surface area contributed by atoms with Crippen LogP contribution in [-0.4, -0.2) is 65.9 Å². The van der Waals surface area contributed by atoms with E-state index in [9.17, 15) is 24.0 Å². The van der Waals surface area contributed by atoms with E-state index in [4.69, 9.17) is 4.74 Å². The van der Waals surface area contributed by atoms with E-state index >= 15 is 0 Å². The number of aromatic nitrogens is 1. The summed E-state index contributed by atoms with van der Waals surface area (Å²) in [6, 6.07) is 20.4. The molecule has 2 aromatic carbocycles. The Bertz CT molecular complexity index is 1620. The summed E-state index contributed by atoms with van der Waals surface area (Å²) in [5.41, 5.74) is 1.30. The normalized spacial score (nSPS) is 19.3. The monoisotopic (exact) mass is 646 g/mol. The fourth-order valence-corrected chi connectivity index (χ4v) is 6.67. The van der Waals surface area contributed by atoms with Gasteiger partial charge in [0.05, 0.1) is 18.4 Å². The van der Waals surface area contributed by atoms with Crippen LogP contribution in [0.2, 0.25) is 0 Å². The second kappa shape index (κ2) is 15.3. The van der Waals surface area contributed by atoms with E-state index < -0.39 is 17.2 Å². The molecule has 5 rings (SSSR count). The summed E-state index contributed by atoms with van der Waals surface area (Å²) in [6.45, 7) is 1.30. The van der Waals surface area contributed by atoms with Crippen molar-refractivity contribution < 1.29 is 23.9 Å². The molecule has 2 atom stereocenters. The van der Waals surface area contributed by atoms with Crippen molar-refractivity contribution in [3.8, 4) is 0 Å². The minimum Gasteiger partial charge on any atom is -0.469 e. The quantitative estimate of drug-likeness (QED) is 0.272. The molecule has 1 aromatic heterocycles. The van der Waals surface area contributed by atoms with Gasteiger partial charge in [-0.1, -0.05) is 54.6 Å². The number of nitrogens with zero attached hydrogens (tertiary/aromatic N) is 2. The van der Waals surface area contributed by atoms with Crippen molar-refractivity contribution in [2.24, 2.45) is 7.05 Å². The van der Waals surface area contributed by atoms with Gasteiger partial charge >= 0.3 is 5.97 Å². The van der Waals surface area contributed by atoms with E-state index in [0.717, 1.165) is 16.7 Å². The van der Waals surface area contributed by atoms with Crippen LogP contribution in [0.1, 0.15) is 71.5 Å². The summed E-state index contributed by atoms with van der Waals surface area (Å²) in [7, 11) is 2.95. The zero-order valence-corrected chi connectivity index (χ0v) is 27.3. The number of hydrogen-bond acceptors (Lipinski definition) is 6. The highest BCUT2D eigenvalue weighted by Crippen LogP contribution is 2.48. The topological polar surface area (TPSA) is 127 Å². The van der Waals surface area contributed by atoms with Crippen molar-refractivity contribution in [3.63, 3.8) is 0 Å². The molecular weight excluding hydrogens is 604 g/mol. The van der Waals surface area contributed by atoms with Crippen molar-refractivity contribution in [1.29, 1.82) is 0 Å². The molecular formula is C35H42N4O6S. The van der Waals surface area contributed by atoms with E-state index in [-0.39, 0.29) is 54.9 Å². The van der Waals surface area contributed by atoms with Crippen LogP contribution in [-0.2, 0) is 31.6 Å². The van der Waals surface area contributed by atoms with Gasteiger partial charge in [-0.3, -0.25) is 24.0 Å². The van der Waals surface area contributed by atoms with Gasteiger partial charge in [-0.2, -0.15) is 13.5 Å². The van der Waals surface area contributed by atoms with Crippen LogP contribution in [0.3, 0.4) is 0 Å². The number of rotatable bonds is 9. The highest BCUT2D eigenvalue weighted by Gasteiger charge is 2.48. The highest BCUT2D eigenvalue weighted by atomic mass is 32.1. The van der Waals surface area contributed by atoms with Gasteiger partial charge in [-0.05, 0) is 60.9 Å². The number of methoxy groups -OCH3 is 1. The lowest BCUT2D eigenvalue weighted by atomic mass is 9.62. The molecule has 1 aliphatic carbocycles. The van der Waals surface area contributed by atoms with Crippen molar-refractivity contribution in [2.75, 3.05) is 26.7 Å². The fourth-order valence-electron chi connectivity index (χ4n) is 6.67. The number of carbonyl (C=O) groups is 4. The van der Waals surface area contributed by atoms with Crippen LogP contribution < -0.4 is 16.2 Å². The number of benzene rings is 2. The number of likely N-dealkylation sites (tertiary alicyclic amines) is 1. The zero-order valence-electron chi connectivity index (χ0n) is 26.3. The van der Waals surface area contributed by atoms with Crippen molar-refractivity contribution in [3.05, 3.63) is 106 Å². The molecule has 3 aromatic rings. The second-order valence-electron chi connectivity index (χ2n) is 11.8. The van der Waals surface area contributed by atoms with E-state index in [1.54, 1.807) is 19.3 Å². The molecule has 244 valence electrons. The van der Waals surface area contributed by atoms with Crippen LogP contribution >= 0.6 is 13.5 Å². The Morgan fingerprint density at radius 1 is 0.935 bits per heavy atom. The Hall–Kier alpha value is -4.38. The predicted molar refractivity (Wildman–Crippen MR) is 179 cm³/mol. The average Bonchev–Trinajstić information content (AvgIpc) is 3.07. The molecule has 11 heteroatoms. The largest absolute Gasteiger partial charge is 0.469 e. The molecule has 1 fully saturated rings. The number of amides is 3. The molecule has 46 heavy (non-hydrogen) atoms. The zero-order chi connectivity index (χ0) is 32.0. The number of esters is 1. The minimum absolute atomic E-state index is 0. The summed E-state index contributed by atoms with van der Waals surface area (Å²) >= 11 is 0. The van der Waals surface area contributed by atoms with Gasteiger partial charge in [0.2, 0.25) is 11.8 Å². The molecule has 1 aliphatic heterocycles. The van der Waals surface area contributed by atoms with Gasteiger partial charge in [0.15, 0.2) is 0 Å². The van der Waals surface area contributed by atoms with E-state index in [2.05, 4.69) is 10.6 Å². The lowest BCUT2D eigenvalue weighted by Crippen LogP contribution is -2.51. The van der Waals surface area contributed by atoms with Crippen LogP contribution in [0.5, 0.6) is 0 Å². The van der Waals surface area contributed by atoms with Gasteiger partial charge in [0.25, 0.3) is 11.5 Å². The molecule has 0 spiro atoms. The Morgan fingerprint density at radius 2 is 1.63 bits per heavy atom. The number of aryl methyl sites for hydroxylation is 1. The van der Waals surface area contributed by atoms with Crippen LogP contribution in [0.25, 0.3) is 0 Å². The second-order valence-corrected chi connectivity index (χ2v) is 11.8. The maximum absolute atomic E-state index is 14.1. The first-order valence-corrected chi connectivity index (χ1v) is 15.5. The van der Waals surface area contributed by atoms with Gasteiger partial charge < -0.3 is 24.8 Å². The Labute approximate surface area is 276 Å². The van der Waals surface area contributed by atoms with Crippen LogP contribution in [0, 0.1) is 0 Å². The molecule has 3 amide bonds. The smallest absolute Gasteiger partial charge is 0.305 e. The van der Waals surface area contributed by atoms with Crippen molar-refractivity contribution >= 4 is 37.2 Å². The first-order chi connectivity index (χ1) is 21.8. The molecule has 2 N–H and O–H groups in total. The first-order valence-electron chi connectivity index (χ1n) is 15.5. The third-order valence-corrected chi connectivity index (χ3v) is 9.14. The first kappa shape index (κ1) is 34.5. The maximum Gasteiger partial charge on any atom is 0.305 e. The Kier molecular flexibility index (Phi) is 11.4. The molecule has 0 saturated carbocycles. The lowest BCUT2D eigenvalue weighted by Gasteiger charge is -2.42. The lowest BCUT2D eigenvalue weighted by molar-refractivity contribution is -0.140. The molecule has 0 unspecified atom stereocenters. The van der Waals surface area contributed by atoms with Gasteiger partial charge in [-0.15, -0.1) is 0 Å². The average molecular weight is 647 g/mol. The fraction of sp³-hybridized carbons (Fsp3) is 0.400. The Morgan fingerprint density at radius 3 is 2.35 bits per heavy atom. The van der Waals surface area contributed by atoms with E-state index in [1.165, 1.54) is 17.7 Å². The third kappa shape index (κ3) is 7.04. The minimum atomic E-state index is -0.980. The number of piperidine rings is 1. The van der Waals surface area contributed by atoms with Crippen molar-refractivity contribution in [2.45, 2.75) is 55.9 Å². The summed E-state index contributed by atoms with van der Waals surface area (Å²) in [5, 5.41) is 6.03. The van der Waals surface area contributed by atoms with Gasteiger partial charge in [-0.25, -0.2) is 0 Å². The number of carbonyl (C=O) groups excluding carboxylic acids is 4. The number of fused-ring (bicyclic) bond motifs is 1. The third-order valence-electron chi connectivity index (χ3n) is 9.14. The van der Waals surface area contributed by atoms with Crippen LogP contribution in [0.4, 0.5) is 0 Å². The van der Waals surface area contributed by atoms with Gasteiger partial charge in [0, 0.05) is 45.3 Å². The number of nitrogens with one attached hydrogen (secondary N) is 2. The van der Waals surface area contributed by atoms with Gasteiger partial charge in [0.1, 0.15) is 5.56 Å². The maximum atomic E-state index is 14.1. The standard InChI is InChI=1S/C35H40N4O6.H2S/c1-38-21-9-13-28(32(38)42)31(41)37-25-17-22-39(23-18-25)33(43)27-16-19-35(24-10-4-3-5-11-24,29-14-7-6-12-26(27)29)34(44)36-20-8-15-30(40)45-2;/h3-7,9-14,21,25,27H,8,15-20,22-23H2,1-2H3,(H,36,44)(H,37,41);1H2/t27-,35+;/m0./s1. The number of ether oxygens (including phenoxy) is 1. The molecule has 10 nitrogen and oxygen atoms in total. The summed E-state index contributed by atoms with van der Waals surface area (Å²) in [5.74, 6) is -1.25. The van der Waals surface area contributed by atoms with E-state index in [0.29, 0.717) is 51.7 Å². The Balaban J connectivity index is 0.00000480. The highest BCUT2D eigenvalue weighted by molar-refractivity contribution is 7.59. The molecule has 2 aliphatic rings. The predicted octanol–water partition coefficient (Wildman–Crippen LogP) is 3.15. The summed E-state index contributed by atoms with van der Waals surface area (Å²) < 4.78 is 6.10. The molecule has 0 bridgehead atoms. The molecule has 2 heterocycles. The number of pyridine rings is 1. The SMILES string of the molecule is COC(=O)CCCNC(=O)[C@@]1(c2ccccc2)CC[C@H](C(=O)N2CCC(NC(=O)c3cccn(C)c3=O)CC2)c2ccccc21.S.